The van der Waals surface area contributed by atoms with Gasteiger partial charge in [-0.05, 0) is 36.2 Å². The maximum absolute atomic E-state index is 12.4. The molecule has 0 atom stereocenters. The minimum Gasteiger partial charge on any atom is -0.408 e. The van der Waals surface area contributed by atoms with Crippen molar-refractivity contribution in [2.24, 2.45) is 0 Å². The average Bonchev–Trinajstić information content (AvgIpc) is 3.31. The van der Waals surface area contributed by atoms with Crippen LogP contribution < -0.4 is 11.1 Å². The first-order chi connectivity index (χ1) is 13.7. The van der Waals surface area contributed by atoms with Gasteiger partial charge < -0.3 is 9.73 Å². The lowest BCUT2D eigenvalue weighted by Crippen LogP contribution is -2.17. The summed E-state index contributed by atoms with van der Waals surface area (Å²) < 4.78 is 8.59. The summed E-state index contributed by atoms with van der Waals surface area (Å²) in [6.45, 7) is 1.01. The summed E-state index contributed by atoms with van der Waals surface area (Å²) in [5.41, 5.74) is 3.06. The molecule has 1 amide bonds. The smallest absolute Gasteiger partial charge is 0.408 e. The second-order valence-electron chi connectivity index (χ2n) is 6.50. The molecule has 1 N–H and O–H groups in total. The fourth-order valence-electron chi connectivity index (χ4n) is 3.18. The summed E-state index contributed by atoms with van der Waals surface area (Å²) >= 11 is 0. The van der Waals surface area contributed by atoms with Gasteiger partial charge in [0.2, 0.25) is 5.91 Å². The molecular formula is C21H20N4O3. The molecule has 4 aromatic rings. The van der Waals surface area contributed by atoms with Crippen LogP contribution in [0.5, 0.6) is 0 Å². The summed E-state index contributed by atoms with van der Waals surface area (Å²) in [7, 11) is 0. The molecule has 2 aromatic heterocycles. The van der Waals surface area contributed by atoms with E-state index < -0.39 is 5.76 Å². The number of aromatic nitrogens is 3. The van der Waals surface area contributed by atoms with Crippen LogP contribution in [0.3, 0.4) is 0 Å². The van der Waals surface area contributed by atoms with E-state index in [0.29, 0.717) is 31.5 Å². The predicted molar refractivity (Wildman–Crippen MR) is 106 cm³/mol. The molecule has 0 aliphatic rings. The van der Waals surface area contributed by atoms with Gasteiger partial charge >= 0.3 is 5.76 Å². The van der Waals surface area contributed by atoms with Crippen LogP contribution in [-0.4, -0.2) is 20.3 Å². The van der Waals surface area contributed by atoms with Gasteiger partial charge in [-0.2, -0.15) is 5.10 Å². The number of nitrogens with zero attached hydrogens (tertiary/aromatic N) is 3. The molecule has 0 saturated heterocycles. The topological polar surface area (TPSA) is 82.1 Å². The minimum atomic E-state index is -0.397. The van der Waals surface area contributed by atoms with Crippen LogP contribution in [0.1, 0.15) is 18.4 Å². The number of aryl methyl sites for hydroxylation is 1. The number of nitrogens with one attached hydrogen (secondary N) is 1. The van der Waals surface area contributed by atoms with Gasteiger partial charge in [-0.25, -0.2) is 4.79 Å². The third-order valence-corrected chi connectivity index (χ3v) is 4.54. The number of benzene rings is 2. The van der Waals surface area contributed by atoms with Crippen molar-refractivity contribution >= 4 is 22.7 Å². The first kappa shape index (κ1) is 17.8. The van der Waals surface area contributed by atoms with Crippen molar-refractivity contribution in [3.05, 3.63) is 83.1 Å². The summed E-state index contributed by atoms with van der Waals surface area (Å²) in [6, 6.07) is 16.8. The highest BCUT2D eigenvalue weighted by molar-refractivity contribution is 5.91. The number of amides is 1. The SMILES string of the molecule is O=C(CCCn1c(=O)oc2ccccc21)Nc1ccccc1Cn1cccn1. The Bertz CT molecular complexity index is 1140. The van der Waals surface area contributed by atoms with E-state index in [-0.39, 0.29) is 5.91 Å². The highest BCUT2D eigenvalue weighted by Crippen LogP contribution is 2.17. The van der Waals surface area contributed by atoms with Gasteiger partial charge in [-0.3, -0.25) is 14.0 Å². The Morgan fingerprint density at radius 1 is 1.07 bits per heavy atom. The monoisotopic (exact) mass is 376 g/mol. The molecule has 0 bridgehead atoms. The molecule has 0 aliphatic heterocycles. The maximum atomic E-state index is 12.4. The number of hydrogen-bond acceptors (Lipinski definition) is 4. The van der Waals surface area contributed by atoms with Gasteiger partial charge in [0.25, 0.3) is 0 Å². The number of oxazole rings is 1. The maximum Gasteiger partial charge on any atom is 0.419 e. The number of carbonyl (C=O) groups excluding carboxylic acids is 1. The number of rotatable bonds is 7. The quantitative estimate of drug-likeness (QED) is 0.537. The molecule has 2 aromatic carbocycles. The zero-order valence-electron chi connectivity index (χ0n) is 15.2. The van der Waals surface area contributed by atoms with Crippen molar-refractivity contribution in [3.8, 4) is 0 Å². The molecule has 0 radical (unpaired) electrons. The highest BCUT2D eigenvalue weighted by atomic mass is 16.4. The lowest BCUT2D eigenvalue weighted by molar-refractivity contribution is -0.116. The third-order valence-electron chi connectivity index (χ3n) is 4.54. The second kappa shape index (κ2) is 7.96. The summed E-state index contributed by atoms with van der Waals surface area (Å²) in [4.78, 5) is 24.4. The standard InChI is InChI=1S/C21H20N4O3/c26-20(11-5-14-25-18-9-3-4-10-19(18)28-21(25)27)23-17-8-2-1-7-16(17)15-24-13-6-12-22-24/h1-4,6-10,12-13H,5,11,14-15H2,(H,23,26). The number of carbonyl (C=O) groups is 1. The van der Waals surface area contributed by atoms with Gasteiger partial charge in [0.05, 0.1) is 12.1 Å². The van der Waals surface area contributed by atoms with Crippen LogP contribution in [0, 0.1) is 0 Å². The third kappa shape index (κ3) is 3.88. The highest BCUT2D eigenvalue weighted by Gasteiger charge is 2.10. The van der Waals surface area contributed by atoms with Crippen LogP contribution in [0.25, 0.3) is 11.1 Å². The molecular weight excluding hydrogens is 356 g/mol. The Hall–Kier alpha value is -3.61. The zero-order chi connectivity index (χ0) is 19.3. The minimum absolute atomic E-state index is 0.0891. The molecule has 0 unspecified atom stereocenters. The molecule has 7 nitrogen and oxygen atoms in total. The zero-order valence-corrected chi connectivity index (χ0v) is 15.2. The molecule has 7 heteroatoms. The van der Waals surface area contributed by atoms with E-state index in [0.717, 1.165) is 16.8 Å². The van der Waals surface area contributed by atoms with Crippen molar-refractivity contribution < 1.29 is 9.21 Å². The van der Waals surface area contributed by atoms with Crippen LogP contribution >= 0.6 is 0 Å². The van der Waals surface area contributed by atoms with E-state index in [1.165, 1.54) is 0 Å². The second-order valence-corrected chi connectivity index (χ2v) is 6.50. The first-order valence-corrected chi connectivity index (χ1v) is 9.14. The Kier molecular flexibility index (Phi) is 5.05. The van der Waals surface area contributed by atoms with Crippen molar-refractivity contribution in [1.82, 2.24) is 14.3 Å². The first-order valence-electron chi connectivity index (χ1n) is 9.14. The van der Waals surface area contributed by atoms with Crippen molar-refractivity contribution in [1.29, 1.82) is 0 Å². The molecule has 28 heavy (non-hydrogen) atoms. The van der Waals surface area contributed by atoms with E-state index in [4.69, 9.17) is 4.42 Å². The fourth-order valence-corrected chi connectivity index (χ4v) is 3.18. The van der Waals surface area contributed by atoms with Crippen molar-refractivity contribution in [3.63, 3.8) is 0 Å². The van der Waals surface area contributed by atoms with E-state index in [1.807, 2.05) is 54.7 Å². The predicted octanol–water partition coefficient (Wildman–Crippen LogP) is 3.26. The summed E-state index contributed by atoms with van der Waals surface area (Å²) in [5.74, 6) is -0.486. The van der Waals surface area contributed by atoms with E-state index in [2.05, 4.69) is 10.4 Å². The Labute approximate surface area is 161 Å². The van der Waals surface area contributed by atoms with E-state index >= 15 is 0 Å². The molecule has 0 spiro atoms. The molecule has 0 saturated carbocycles. The average molecular weight is 376 g/mol. The fraction of sp³-hybridized carbons (Fsp3) is 0.190. The van der Waals surface area contributed by atoms with E-state index in [1.54, 1.807) is 21.5 Å². The summed E-state index contributed by atoms with van der Waals surface area (Å²) in [5, 5.41) is 7.17. The lowest BCUT2D eigenvalue weighted by Gasteiger charge is -2.11. The van der Waals surface area contributed by atoms with E-state index in [9.17, 15) is 9.59 Å². The van der Waals surface area contributed by atoms with Crippen LogP contribution in [0.15, 0.2) is 76.2 Å². The number of hydrogen-bond donors (Lipinski definition) is 1. The Morgan fingerprint density at radius 2 is 1.89 bits per heavy atom. The van der Waals surface area contributed by atoms with Gasteiger partial charge in [0.1, 0.15) is 0 Å². The molecule has 2 heterocycles. The van der Waals surface area contributed by atoms with Crippen LogP contribution in [-0.2, 0) is 17.9 Å². The van der Waals surface area contributed by atoms with Crippen LogP contribution in [0.4, 0.5) is 5.69 Å². The van der Waals surface area contributed by atoms with Gasteiger partial charge in [-0.15, -0.1) is 0 Å². The Balaban J connectivity index is 1.37. The summed E-state index contributed by atoms with van der Waals surface area (Å²) in [6.07, 6.45) is 4.45. The number of para-hydroxylation sites is 3. The van der Waals surface area contributed by atoms with Crippen molar-refractivity contribution in [2.45, 2.75) is 25.9 Å². The van der Waals surface area contributed by atoms with Crippen LogP contribution in [0.2, 0.25) is 0 Å². The normalized spacial score (nSPS) is 11.0. The number of fused-ring (bicyclic) bond motifs is 1. The van der Waals surface area contributed by atoms with Crippen molar-refractivity contribution in [2.75, 3.05) is 5.32 Å². The largest absolute Gasteiger partial charge is 0.419 e. The van der Waals surface area contributed by atoms with Gasteiger partial charge in [0.15, 0.2) is 5.58 Å². The molecule has 4 rings (SSSR count). The lowest BCUT2D eigenvalue weighted by atomic mass is 10.1. The molecule has 0 fully saturated rings. The number of anilines is 1. The molecule has 0 aliphatic carbocycles. The van der Waals surface area contributed by atoms with Gasteiger partial charge in [-0.1, -0.05) is 30.3 Å². The van der Waals surface area contributed by atoms with Gasteiger partial charge in [0, 0.05) is 31.0 Å². The molecule has 142 valence electrons. The Morgan fingerprint density at radius 3 is 2.75 bits per heavy atom.